The van der Waals surface area contributed by atoms with Gasteiger partial charge in [-0.2, -0.15) is 0 Å². The molecule has 104 valence electrons. The Bertz CT molecular complexity index is 476. The Morgan fingerprint density at radius 3 is 2.84 bits per heavy atom. The van der Waals surface area contributed by atoms with Crippen molar-refractivity contribution < 1.29 is 14.6 Å². The van der Waals surface area contributed by atoms with Crippen molar-refractivity contribution in [3.05, 3.63) is 28.2 Å². The number of urea groups is 1. The minimum absolute atomic E-state index is 0.139. The second kappa shape index (κ2) is 5.96. The van der Waals surface area contributed by atoms with Crippen molar-refractivity contribution in [3.8, 4) is 0 Å². The summed E-state index contributed by atoms with van der Waals surface area (Å²) in [7, 11) is 0. The van der Waals surface area contributed by atoms with Gasteiger partial charge >= 0.3 is 6.03 Å². The molecule has 1 aromatic carbocycles. The molecule has 1 aliphatic heterocycles. The molecule has 0 bridgehead atoms. The van der Waals surface area contributed by atoms with Gasteiger partial charge in [0.2, 0.25) is 0 Å². The van der Waals surface area contributed by atoms with Crippen molar-refractivity contribution in [2.24, 2.45) is 0 Å². The van der Waals surface area contributed by atoms with Gasteiger partial charge in [0.05, 0.1) is 23.2 Å². The Morgan fingerprint density at radius 2 is 2.21 bits per heavy atom. The van der Waals surface area contributed by atoms with Crippen LogP contribution in [0, 0.1) is 0 Å². The van der Waals surface area contributed by atoms with Gasteiger partial charge in [0.25, 0.3) is 0 Å². The van der Waals surface area contributed by atoms with E-state index in [0.717, 1.165) is 0 Å². The van der Waals surface area contributed by atoms with Crippen LogP contribution in [0.5, 0.6) is 0 Å². The summed E-state index contributed by atoms with van der Waals surface area (Å²) in [6, 6.07) is 4.37. The van der Waals surface area contributed by atoms with Gasteiger partial charge in [-0.3, -0.25) is 0 Å². The number of halogens is 2. The van der Waals surface area contributed by atoms with Gasteiger partial charge in [-0.15, -0.1) is 0 Å². The lowest BCUT2D eigenvalue weighted by molar-refractivity contribution is 0.0295. The summed E-state index contributed by atoms with van der Waals surface area (Å²) in [6.45, 7) is 0.882. The maximum absolute atomic E-state index is 11.7. The number of rotatable bonds is 3. The van der Waals surface area contributed by atoms with Gasteiger partial charge in [0.1, 0.15) is 5.60 Å². The van der Waals surface area contributed by atoms with Crippen LogP contribution in [-0.2, 0) is 4.74 Å². The largest absolute Gasteiger partial charge is 0.386 e. The number of nitrogens with one attached hydrogen (secondary N) is 2. The standard InChI is InChI=1S/C12H14Cl2N2O3/c13-9-2-1-8(5-10(9)14)16-11(17)15-6-12(18)3-4-19-7-12/h1-2,5,18H,3-4,6-7H2,(H2,15,16,17). The van der Waals surface area contributed by atoms with Crippen LogP contribution in [0.4, 0.5) is 10.5 Å². The minimum Gasteiger partial charge on any atom is -0.386 e. The van der Waals surface area contributed by atoms with E-state index >= 15 is 0 Å². The molecule has 5 nitrogen and oxygen atoms in total. The number of hydrogen-bond acceptors (Lipinski definition) is 3. The molecule has 1 aliphatic rings. The van der Waals surface area contributed by atoms with E-state index in [2.05, 4.69) is 10.6 Å². The van der Waals surface area contributed by atoms with Crippen molar-refractivity contribution in [2.75, 3.05) is 25.1 Å². The van der Waals surface area contributed by atoms with Crippen molar-refractivity contribution >= 4 is 34.9 Å². The molecule has 3 N–H and O–H groups in total. The molecule has 0 aliphatic carbocycles. The van der Waals surface area contributed by atoms with Crippen LogP contribution in [0.2, 0.25) is 10.0 Å². The molecule has 0 aromatic heterocycles. The number of aliphatic hydroxyl groups is 1. The van der Waals surface area contributed by atoms with Crippen molar-refractivity contribution in [3.63, 3.8) is 0 Å². The summed E-state index contributed by atoms with van der Waals surface area (Å²) in [4.78, 5) is 11.7. The molecule has 7 heteroatoms. The number of carbonyl (C=O) groups is 1. The van der Waals surface area contributed by atoms with E-state index in [9.17, 15) is 9.90 Å². The van der Waals surface area contributed by atoms with Gasteiger partial charge < -0.3 is 20.5 Å². The molecule has 0 radical (unpaired) electrons. The van der Waals surface area contributed by atoms with Crippen molar-refractivity contribution in [2.45, 2.75) is 12.0 Å². The quantitative estimate of drug-likeness (QED) is 0.802. The fraction of sp³-hybridized carbons (Fsp3) is 0.417. The smallest absolute Gasteiger partial charge is 0.319 e. The summed E-state index contributed by atoms with van der Waals surface area (Å²) < 4.78 is 5.09. The van der Waals surface area contributed by atoms with E-state index in [4.69, 9.17) is 27.9 Å². The van der Waals surface area contributed by atoms with Crippen LogP contribution in [0.3, 0.4) is 0 Å². The average Bonchev–Trinajstić information content (AvgIpc) is 2.79. The van der Waals surface area contributed by atoms with E-state index in [1.807, 2.05) is 0 Å². The summed E-state index contributed by atoms with van der Waals surface area (Å²) in [6.07, 6.45) is 0.514. The lowest BCUT2D eigenvalue weighted by Gasteiger charge is -2.20. The first-order chi connectivity index (χ1) is 8.98. The van der Waals surface area contributed by atoms with Gasteiger partial charge in [-0.25, -0.2) is 4.79 Å². The third kappa shape index (κ3) is 3.98. The minimum atomic E-state index is -0.977. The molecule has 0 saturated carbocycles. The van der Waals surface area contributed by atoms with Gasteiger partial charge in [0.15, 0.2) is 0 Å². The van der Waals surface area contributed by atoms with Crippen LogP contribution in [0.1, 0.15) is 6.42 Å². The zero-order chi connectivity index (χ0) is 13.9. The van der Waals surface area contributed by atoms with Crippen molar-refractivity contribution in [1.29, 1.82) is 0 Å². The van der Waals surface area contributed by atoms with E-state index in [0.29, 0.717) is 28.8 Å². The highest BCUT2D eigenvalue weighted by Gasteiger charge is 2.32. The summed E-state index contributed by atoms with van der Waals surface area (Å²) in [5, 5.41) is 16.0. The molecule has 2 rings (SSSR count). The van der Waals surface area contributed by atoms with Gasteiger partial charge in [-0.05, 0) is 18.2 Å². The van der Waals surface area contributed by atoms with E-state index in [1.54, 1.807) is 18.2 Å². The lowest BCUT2D eigenvalue weighted by Crippen LogP contribution is -2.44. The number of ether oxygens (including phenoxy) is 1. The Balaban J connectivity index is 1.85. The fourth-order valence-electron chi connectivity index (χ4n) is 1.73. The molecule has 1 unspecified atom stereocenters. The molecule has 1 atom stereocenters. The van der Waals surface area contributed by atoms with Gasteiger partial charge in [0, 0.05) is 18.7 Å². The number of carbonyl (C=O) groups excluding carboxylic acids is 1. The Labute approximate surface area is 120 Å². The Hall–Kier alpha value is -1.01. The Kier molecular flexibility index (Phi) is 4.52. The SMILES string of the molecule is O=C(NCC1(O)CCOC1)Nc1ccc(Cl)c(Cl)c1. The maximum Gasteiger partial charge on any atom is 0.319 e. The second-order valence-electron chi connectivity index (χ2n) is 4.46. The Morgan fingerprint density at radius 1 is 1.42 bits per heavy atom. The van der Waals surface area contributed by atoms with Gasteiger partial charge in [-0.1, -0.05) is 23.2 Å². The second-order valence-corrected chi connectivity index (χ2v) is 5.28. The first kappa shape index (κ1) is 14.4. The molecule has 1 aromatic rings. The topological polar surface area (TPSA) is 70.6 Å². The number of amides is 2. The predicted molar refractivity (Wildman–Crippen MR) is 73.9 cm³/mol. The number of benzene rings is 1. The monoisotopic (exact) mass is 304 g/mol. The van der Waals surface area contributed by atoms with E-state index in [-0.39, 0.29) is 13.2 Å². The molecule has 1 saturated heterocycles. The molecule has 2 amide bonds. The lowest BCUT2D eigenvalue weighted by atomic mass is 10.0. The van der Waals surface area contributed by atoms with Crippen LogP contribution >= 0.6 is 23.2 Å². The highest BCUT2D eigenvalue weighted by atomic mass is 35.5. The first-order valence-electron chi connectivity index (χ1n) is 5.79. The predicted octanol–water partition coefficient (Wildman–Crippen LogP) is 2.27. The highest BCUT2D eigenvalue weighted by molar-refractivity contribution is 6.42. The molecule has 1 fully saturated rings. The molecular weight excluding hydrogens is 291 g/mol. The first-order valence-corrected chi connectivity index (χ1v) is 6.54. The van der Waals surface area contributed by atoms with E-state index in [1.165, 1.54) is 0 Å². The summed E-state index contributed by atoms with van der Waals surface area (Å²) in [5.41, 5.74) is -0.448. The zero-order valence-electron chi connectivity index (χ0n) is 10.1. The van der Waals surface area contributed by atoms with Crippen LogP contribution < -0.4 is 10.6 Å². The molecule has 1 heterocycles. The summed E-state index contributed by atoms with van der Waals surface area (Å²) >= 11 is 11.6. The third-order valence-electron chi connectivity index (χ3n) is 2.84. The van der Waals surface area contributed by atoms with Crippen LogP contribution in [0.25, 0.3) is 0 Å². The molecule has 19 heavy (non-hydrogen) atoms. The molecule has 0 spiro atoms. The highest BCUT2D eigenvalue weighted by Crippen LogP contribution is 2.25. The zero-order valence-corrected chi connectivity index (χ0v) is 11.6. The summed E-state index contributed by atoms with van der Waals surface area (Å²) in [5.74, 6) is 0. The third-order valence-corrected chi connectivity index (χ3v) is 3.58. The normalized spacial score (nSPS) is 22.3. The van der Waals surface area contributed by atoms with Crippen LogP contribution in [0.15, 0.2) is 18.2 Å². The maximum atomic E-state index is 11.7. The molecular formula is C12H14Cl2N2O3. The number of anilines is 1. The number of hydrogen-bond donors (Lipinski definition) is 3. The van der Waals surface area contributed by atoms with E-state index < -0.39 is 11.6 Å². The van der Waals surface area contributed by atoms with Crippen LogP contribution in [-0.4, -0.2) is 36.5 Å². The average molecular weight is 305 g/mol. The fourth-order valence-corrected chi connectivity index (χ4v) is 2.03. The van der Waals surface area contributed by atoms with Crippen molar-refractivity contribution in [1.82, 2.24) is 5.32 Å².